The minimum atomic E-state index is -0.457. The Labute approximate surface area is 128 Å². The highest BCUT2D eigenvalue weighted by Crippen LogP contribution is 2.39. The number of urea groups is 1. The van der Waals surface area contributed by atoms with Crippen LogP contribution in [0, 0.1) is 5.92 Å². The molecule has 0 radical (unpaired) electrons. The Morgan fingerprint density at radius 1 is 1.33 bits per heavy atom. The summed E-state index contributed by atoms with van der Waals surface area (Å²) in [4.78, 5) is 14.5. The molecule has 2 rings (SSSR count). The number of carbonyl (C=O) groups excluding carboxylic acids is 1. The van der Waals surface area contributed by atoms with E-state index in [4.69, 9.17) is 0 Å². The van der Waals surface area contributed by atoms with Crippen LogP contribution < -0.4 is 10.6 Å². The molecule has 5 nitrogen and oxygen atoms in total. The van der Waals surface area contributed by atoms with Crippen molar-refractivity contribution in [2.24, 2.45) is 5.92 Å². The summed E-state index contributed by atoms with van der Waals surface area (Å²) < 4.78 is 0. The fourth-order valence-electron chi connectivity index (χ4n) is 3.42. The Morgan fingerprint density at radius 2 is 2.10 bits per heavy atom. The van der Waals surface area contributed by atoms with Crippen molar-refractivity contribution in [3.63, 3.8) is 0 Å². The van der Waals surface area contributed by atoms with Gasteiger partial charge in [0.1, 0.15) is 0 Å². The van der Waals surface area contributed by atoms with E-state index in [0.717, 1.165) is 25.9 Å². The van der Waals surface area contributed by atoms with Gasteiger partial charge in [-0.05, 0) is 51.5 Å². The molecule has 2 unspecified atom stereocenters. The molecular weight excluding hydrogens is 266 g/mol. The normalized spacial score (nSPS) is 26.1. The molecular formula is C16H31N3O2. The minimum absolute atomic E-state index is 0.00905. The number of aliphatic hydroxyl groups is 1. The number of hydrogen-bond donors (Lipinski definition) is 3. The van der Waals surface area contributed by atoms with E-state index < -0.39 is 5.54 Å². The molecule has 0 bridgehead atoms. The fourth-order valence-corrected chi connectivity index (χ4v) is 3.42. The van der Waals surface area contributed by atoms with Gasteiger partial charge in [0, 0.05) is 19.1 Å². The number of aliphatic hydroxyl groups excluding tert-OH is 1. The third kappa shape index (κ3) is 4.58. The molecule has 1 saturated carbocycles. The Kier molecular flexibility index (Phi) is 5.88. The lowest BCUT2D eigenvalue weighted by atomic mass is 9.97. The number of nitrogens with zero attached hydrogens (tertiary/aromatic N) is 1. The van der Waals surface area contributed by atoms with Gasteiger partial charge in [-0.3, -0.25) is 4.90 Å². The van der Waals surface area contributed by atoms with Crippen molar-refractivity contribution in [2.45, 2.75) is 64.0 Å². The summed E-state index contributed by atoms with van der Waals surface area (Å²) in [5.74, 6) is 0.430. The van der Waals surface area contributed by atoms with E-state index in [1.54, 1.807) is 0 Å². The Bertz CT molecular complexity index is 346. The number of nitrogens with one attached hydrogen (secondary N) is 2. The van der Waals surface area contributed by atoms with Crippen molar-refractivity contribution < 1.29 is 9.90 Å². The van der Waals surface area contributed by atoms with Gasteiger partial charge in [-0.25, -0.2) is 4.79 Å². The molecule has 5 heteroatoms. The quantitative estimate of drug-likeness (QED) is 0.670. The van der Waals surface area contributed by atoms with Crippen LogP contribution in [0.4, 0.5) is 4.79 Å². The van der Waals surface area contributed by atoms with Crippen molar-refractivity contribution in [3.8, 4) is 0 Å². The monoisotopic (exact) mass is 297 g/mol. The van der Waals surface area contributed by atoms with E-state index >= 15 is 0 Å². The second kappa shape index (κ2) is 7.45. The Hall–Kier alpha value is -0.810. The molecule has 1 heterocycles. The number of amides is 2. The highest BCUT2D eigenvalue weighted by atomic mass is 16.3. The molecule has 2 fully saturated rings. The predicted octanol–water partition coefficient (Wildman–Crippen LogP) is 1.71. The Balaban J connectivity index is 1.69. The summed E-state index contributed by atoms with van der Waals surface area (Å²) in [6.07, 6.45) is 7.28. The maximum Gasteiger partial charge on any atom is 0.315 e. The van der Waals surface area contributed by atoms with E-state index in [1.165, 1.54) is 25.7 Å². The highest BCUT2D eigenvalue weighted by molar-refractivity contribution is 5.74. The molecule has 0 spiro atoms. The third-order valence-corrected chi connectivity index (χ3v) is 5.11. The second-order valence-electron chi connectivity index (χ2n) is 6.82. The van der Waals surface area contributed by atoms with Gasteiger partial charge in [-0.2, -0.15) is 0 Å². The lowest BCUT2D eigenvalue weighted by molar-refractivity contribution is 0.141. The summed E-state index contributed by atoms with van der Waals surface area (Å²) in [7, 11) is 0. The minimum Gasteiger partial charge on any atom is -0.394 e. The van der Waals surface area contributed by atoms with E-state index in [-0.39, 0.29) is 12.6 Å². The van der Waals surface area contributed by atoms with Gasteiger partial charge in [0.15, 0.2) is 0 Å². The zero-order valence-corrected chi connectivity index (χ0v) is 13.5. The first-order valence-electron chi connectivity index (χ1n) is 8.50. The van der Waals surface area contributed by atoms with Crippen LogP contribution in [-0.4, -0.2) is 53.9 Å². The van der Waals surface area contributed by atoms with Crippen molar-refractivity contribution in [1.82, 2.24) is 15.5 Å². The summed E-state index contributed by atoms with van der Waals surface area (Å²) in [6, 6.07) is 0.529. The molecule has 21 heavy (non-hydrogen) atoms. The first kappa shape index (κ1) is 16.6. The summed E-state index contributed by atoms with van der Waals surface area (Å²) in [6.45, 7) is 6.93. The van der Waals surface area contributed by atoms with Crippen molar-refractivity contribution in [3.05, 3.63) is 0 Å². The molecule has 3 N–H and O–H groups in total. The maximum atomic E-state index is 12.0. The van der Waals surface area contributed by atoms with Crippen LogP contribution in [0.15, 0.2) is 0 Å². The van der Waals surface area contributed by atoms with Crippen LogP contribution in [0.3, 0.4) is 0 Å². The van der Waals surface area contributed by atoms with Crippen LogP contribution >= 0.6 is 0 Å². The van der Waals surface area contributed by atoms with Gasteiger partial charge in [0.05, 0.1) is 12.1 Å². The third-order valence-electron chi connectivity index (χ3n) is 5.11. The smallest absolute Gasteiger partial charge is 0.315 e. The number of carbonyl (C=O) groups is 1. The zero-order chi connectivity index (χ0) is 15.3. The van der Waals surface area contributed by atoms with Crippen LogP contribution in [0.25, 0.3) is 0 Å². The van der Waals surface area contributed by atoms with Gasteiger partial charge in [0.25, 0.3) is 0 Å². The standard InChI is InChI=1S/C16H31N3O2/c1-3-14-6-4-5-10-19(14)11-9-17-15(21)18-16(2,12-20)13-7-8-13/h13-14,20H,3-12H2,1-2H3,(H2,17,18,21). The van der Waals surface area contributed by atoms with Crippen molar-refractivity contribution >= 4 is 6.03 Å². The molecule has 0 aromatic heterocycles. The van der Waals surface area contributed by atoms with Crippen LogP contribution in [0.1, 0.15) is 52.4 Å². The van der Waals surface area contributed by atoms with Crippen molar-refractivity contribution in [1.29, 1.82) is 0 Å². The van der Waals surface area contributed by atoms with Gasteiger partial charge >= 0.3 is 6.03 Å². The van der Waals surface area contributed by atoms with E-state index in [9.17, 15) is 9.90 Å². The predicted molar refractivity (Wildman–Crippen MR) is 84.3 cm³/mol. The van der Waals surface area contributed by atoms with Crippen LogP contribution in [0.2, 0.25) is 0 Å². The summed E-state index contributed by atoms with van der Waals surface area (Å²) in [5.41, 5.74) is -0.457. The maximum absolute atomic E-state index is 12.0. The molecule has 2 atom stereocenters. The average Bonchev–Trinajstić information content (AvgIpc) is 3.32. The first-order valence-corrected chi connectivity index (χ1v) is 8.50. The molecule has 0 aromatic carbocycles. The second-order valence-corrected chi connectivity index (χ2v) is 6.82. The van der Waals surface area contributed by atoms with Crippen LogP contribution in [-0.2, 0) is 0 Å². The lowest BCUT2D eigenvalue weighted by Crippen LogP contribution is -2.55. The number of hydrogen-bond acceptors (Lipinski definition) is 3. The van der Waals surface area contributed by atoms with Crippen LogP contribution in [0.5, 0.6) is 0 Å². The molecule has 1 aliphatic heterocycles. The van der Waals surface area contributed by atoms with Gasteiger partial charge < -0.3 is 15.7 Å². The molecule has 2 amide bonds. The fraction of sp³-hybridized carbons (Fsp3) is 0.938. The first-order chi connectivity index (χ1) is 10.1. The number of rotatable bonds is 7. The topological polar surface area (TPSA) is 64.6 Å². The largest absolute Gasteiger partial charge is 0.394 e. The Morgan fingerprint density at radius 3 is 2.71 bits per heavy atom. The molecule has 1 aliphatic carbocycles. The molecule has 1 saturated heterocycles. The average molecular weight is 297 g/mol. The molecule has 122 valence electrons. The van der Waals surface area contributed by atoms with E-state index in [0.29, 0.717) is 18.5 Å². The lowest BCUT2D eigenvalue weighted by Gasteiger charge is -2.35. The molecule has 0 aromatic rings. The van der Waals surface area contributed by atoms with Gasteiger partial charge in [-0.15, -0.1) is 0 Å². The van der Waals surface area contributed by atoms with Gasteiger partial charge in [0.2, 0.25) is 0 Å². The number of piperidine rings is 1. The summed E-state index contributed by atoms with van der Waals surface area (Å²) in [5, 5.41) is 15.4. The highest BCUT2D eigenvalue weighted by Gasteiger charge is 2.42. The zero-order valence-electron chi connectivity index (χ0n) is 13.5. The van der Waals surface area contributed by atoms with Crippen molar-refractivity contribution in [2.75, 3.05) is 26.2 Å². The summed E-state index contributed by atoms with van der Waals surface area (Å²) >= 11 is 0. The SMILES string of the molecule is CCC1CCCCN1CCNC(=O)NC(C)(CO)C1CC1. The van der Waals surface area contributed by atoms with E-state index in [1.807, 2.05) is 6.92 Å². The van der Waals surface area contributed by atoms with Gasteiger partial charge in [-0.1, -0.05) is 13.3 Å². The molecule has 2 aliphatic rings. The number of likely N-dealkylation sites (tertiary alicyclic amines) is 1. The van der Waals surface area contributed by atoms with E-state index in [2.05, 4.69) is 22.5 Å².